The van der Waals surface area contributed by atoms with E-state index in [0.29, 0.717) is 0 Å². The topological polar surface area (TPSA) is 27.8 Å². The number of aromatic amines is 1. The lowest BCUT2D eigenvalue weighted by Gasteiger charge is -2.18. The Morgan fingerprint density at radius 1 is 1.25 bits per heavy atom. The second-order valence-electron chi connectivity index (χ2n) is 4.52. The predicted molar refractivity (Wildman–Crippen MR) is 67.3 cm³/mol. The molecule has 2 aromatic rings. The minimum absolute atomic E-state index is 0.734. The van der Waals surface area contributed by atoms with E-state index in [1.165, 1.54) is 22.9 Å². The molecule has 1 aromatic carbocycles. The Hall–Kier alpha value is -1.70. The van der Waals surface area contributed by atoms with E-state index < -0.39 is 0 Å². The third-order valence-electron chi connectivity index (χ3n) is 3.26. The molecule has 0 saturated heterocycles. The van der Waals surface area contributed by atoms with Gasteiger partial charge in [0.15, 0.2) is 0 Å². The first-order valence-corrected chi connectivity index (χ1v) is 5.86. The quantitative estimate of drug-likeness (QED) is 0.787. The normalized spacial score (nSPS) is 19.9. The summed E-state index contributed by atoms with van der Waals surface area (Å²) in [5.41, 5.74) is 2.67. The number of rotatable bonds is 2. The van der Waals surface area contributed by atoms with Crippen LogP contribution in [0.15, 0.2) is 42.7 Å². The van der Waals surface area contributed by atoms with Crippen molar-refractivity contribution in [3.63, 3.8) is 0 Å². The van der Waals surface area contributed by atoms with Crippen LogP contribution in [0.2, 0.25) is 0 Å². The lowest BCUT2D eigenvalue weighted by molar-refractivity contribution is 0.492. The van der Waals surface area contributed by atoms with Gasteiger partial charge in [0.1, 0.15) is 0 Å². The van der Waals surface area contributed by atoms with Crippen LogP contribution in [0.25, 0.3) is 10.9 Å². The Morgan fingerprint density at radius 2 is 2.25 bits per heavy atom. The van der Waals surface area contributed by atoms with E-state index in [1.54, 1.807) is 0 Å². The molecule has 3 rings (SSSR count). The van der Waals surface area contributed by atoms with E-state index in [2.05, 4.69) is 46.8 Å². The standard InChI is InChI=1S/C14H16N2/c1-2-12(10-15-6-1)8-11-3-4-13-5-7-16-14(13)9-11/h1,3-7,9,12,15-16H,2,8,10H2. The van der Waals surface area contributed by atoms with Gasteiger partial charge in [-0.1, -0.05) is 18.2 Å². The monoisotopic (exact) mass is 212 g/mol. The summed E-state index contributed by atoms with van der Waals surface area (Å²) in [6.07, 6.45) is 8.63. The average molecular weight is 212 g/mol. The van der Waals surface area contributed by atoms with Crippen molar-refractivity contribution in [3.05, 3.63) is 48.3 Å². The second-order valence-corrected chi connectivity index (χ2v) is 4.52. The molecule has 1 aliphatic rings. The molecular formula is C14H16N2. The van der Waals surface area contributed by atoms with E-state index in [1.807, 2.05) is 6.20 Å². The van der Waals surface area contributed by atoms with Crippen molar-refractivity contribution < 1.29 is 0 Å². The highest BCUT2D eigenvalue weighted by Gasteiger charge is 2.10. The maximum absolute atomic E-state index is 3.30. The second kappa shape index (κ2) is 4.05. The van der Waals surface area contributed by atoms with Gasteiger partial charge >= 0.3 is 0 Å². The largest absolute Gasteiger partial charge is 0.391 e. The van der Waals surface area contributed by atoms with Crippen molar-refractivity contribution in [2.45, 2.75) is 12.8 Å². The zero-order chi connectivity index (χ0) is 10.8. The molecule has 0 radical (unpaired) electrons. The van der Waals surface area contributed by atoms with Gasteiger partial charge in [-0.2, -0.15) is 0 Å². The predicted octanol–water partition coefficient (Wildman–Crippen LogP) is 2.83. The van der Waals surface area contributed by atoms with Crippen molar-refractivity contribution in [2.75, 3.05) is 6.54 Å². The van der Waals surface area contributed by atoms with E-state index in [9.17, 15) is 0 Å². The minimum Gasteiger partial charge on any atom is -0.391 e. The van der Waals surface area contributed by atoms with Gasteiger partial charge < -0.3 is 10.3 Å². The Labute approximate surface area is 95.4 Å². The maximum Gasteiger partial charge on any atom is 0.0456 e. The molecule has 2 N–H and O–H groups in total. The van der Waals surface area contributed by atoms with E-state index in [4.69, 9.17) is 0 Å². The summed E-state index contributed by atoms with van der Waals surface area (Å²) in [6, 6.07) is 8.83. The molecule has 2 heteroatoms. The van der Waals surface area contributed by atoms with Crippen LogP contribution in [-0.4, -0.2) is 11.5 Å². The third-order valence-corrected chi connectivity index (χ3v) is 3.26. The van der Waals surface area contributed by atoms with E-state index in [-0.39, 0.29) is 0 Å². The van der Waals surface area contributed by atoms with Crippen molar-refractivity contribution >= 4 is 10.9 Å². The fourth-order valence-corrected chi connectivity index (χ4v) is 2.37. The van der Waals surface area contributed by atoms with Crippen LogP contribution in [0.4, 0.5) is 0 Å². The summed E-state index contributed by atoms with van der Waals surface area (Å²) in [5.74, 6) is 0.734. The summed E-state index contributed by atoms with van der Waals surface area (Å²) >= 11 is 0. The number of hydrogen-bond donors (Lipinski definition) is 2. The average Bonchev–Trinajstić information content (AvgIpc) is 2.77. The Balaban J connectivity index is 1.80. The Morgan fingerprint density at radius 3 is 3.12 bits per heavy atom. The molecule has 2 nitrogen and oxygen atoms in total. The summed E-state index contributed by atoms with van der Waals surface area (Å²) in [5, 5.41) is 4.60. The molecule has 1 aromatic heterocycles. The molecule has 82 valence electrons. The zero-order valence-corrected chi connectivity index (χ0v) is 9.24. The summed E-state index contributed by atoms with van der Waals surface area (Å²) in [6.45, 7) is 1.10. The van der Waals surface area contributed by atoms with E-state index >= 15 is 0 Å². The summed E-state index contributed by atoms with van der Waals surface area (Å²) in [4.78, 5) is 3.27. The molecule has 16 heavy (non-hydrogen) atoms. The first-order chi connectivity index (χ1) is 7.92. The summed E-state index contributed by atoms with van der Waals surface area (Å²) in [7, 11) is 0. The van der Waals surface area contributed by atoms with Gasteiger partial charge in [-0.05, 0) is 48.0 Å². The van der Waals surface area contributed by atoms with Gasteiger partial charge in [-0.3, -0.25) is 0 Å². The van der Waals surface area contributed by atoms with Crippen molar-refractivity contribution in [1.29, 1.82) is 0 Å². The Bertz CT molecular complexity index is 510. The molecule has 1 unspecified atom stereocenters. The molecule has 0 saturated carbocycles. The van der Waals surface area contributed by atoms with Crippen LogP contribution in [0, 0.1) is 5.92 Å². The van der Waals surface area contributed by atoms with Crippen LogP contribution >= 0.6 is 0 Å². The van der Waals surface area contributed by atoms with Gasteiger partial charge in [0.2, 0.25) is 0 Å². The Kier molecular flexibility index (Phi) is 2.41. The van der Waals surface area contributed by atoms with Gasteiger partial charge in [0.25, 0.3) is 0 Å². The van der Waals surface area contributed by atoms with Crippen molar-refractivity contribution in [2.24, 2.45) is 5.92 Å². The van der Waals surface area contributed by atoms with Crippen molar-refractivity contribution in [3.8, 4) is 0 Å². The maximum atomic E-state index is 3.30. The SMILES string of the molecule is C1=CNCC(Cc2ccc3cc[nH]c3c2)C1. The van der Waals surface area contributed by atoms with Gasteiger partial charge in [-0.15, -0.1) is 0 Å². The number of benzene rings is 1. The molecule has 0 fully saturated rings. The fraction of sp³-hybridized carbons (Fsp3) is 0.286. The summed E-state index contributed by atoms with van der Waals surface area (Å²) < 4.78 is 0. The van der Waals surface area contributed by atoms with Crippen LogP contribution in [-0.2, 0) is 6.42 Å². The van der Waals surface area contributed by atoms with Crippen LogP contribution in [0.5, 0.6) is 0 Å². The molecule has 2 heterocycles. The highest BCUT2D eigenvalue weighted by molar-refractivity contribution is 5.79. The lowest BCUT2D eigenvalue weighted by Crippen LogP contribution is -2.23. The minimum atomic E-state index is 0.734. The number of nitrogens with one attached hydrogen (secondary N) is 2. The van der Waals surface area contributed by atoms with Crippen LogP contribution < -0.4 is 5.32 Å². The first kappa shape index (κ1) is 9.52. The lowest BCUT2D eigenvalue weighted by atomic mass is 9.94. The molecule has 0 amide bonds. The molecule has 0 aliphatic carbocycles. The molecule has 1 aliphatic heterocycles. The van der Waals surface area contributed by atoms with Gasteiger partial charge in [-0.25, -0.2) is 0 Å². The van der Waals surface area contributed by atoms with Gasteiger partial charge in [0, 0.05) is 18.3 Å². The highest BCUT2D eigenvalue weighted by atomic mass is 14.8. The molecule has 0 spiro atoms. The number of aromatic nitrogens is 1. The van der Waals surface area contributed by atoms with Crippen molar-refractivity contribution in [1.82, 2.24) is 10.3 Å². The number of fused-ring (bicyclic) bond motifs is 1. The highest BCUT2D eigenvalue weighted by Crippen LogP contribution is 2.19. The molecular weight excluding hydrogens is 196 g/mol. The van der Waals surface area contributed by atoms with E-state index in [0.717, 1.165) is 18.9 Å². The number of allylic oxidation sites excluding steroid dienone is 1. The fourth-order valence-electron chi connectivity index (χ4n) is 2.37. The zero-order valence-electron chi connectivity index (χ0n) is 9.24. The molecule has 0 bridgehead atoms. The molecule has 1 atom stereocenters. The number of hydrogen-bond acceptors (Lipinski definition) is 1. The third kappa shape index (κ3) is 1.83. The number of H-pyrrole nitrogens is 1. The van der Waals surface area contributed by atoms with Crippen LogP contribution in [0.3, 0.4) is 0 Å². The first-order valence-electron chi connectivity index (χ1n) is 5.86. The van der Waals surface area contributed by atoms with Gasteiger partial charge in [0.05, 0.1) is 0 Å². The smallest absolute Gasteiger partial charge is 0.0456 e. The van der Waals surface area contributed by atoms with Crippen LogP contribution in [0.1, 0.15) is 12.0 Å².